The molecule has 0 spiro atoms. The van der Waals surface area contributed by atoms with Crippen LogP contribution >= 0.6 is 11.3 Å². The number of nitrogens with zero attached hydrogens (tertiary/aromatic N) is 2. The molecule has 126 valence electrons. The van der Waals surface area contributed by atoms with Gasteiger partial charge in [-0.1, -0.05) is 11.2 Å². The Kier molecular flexibility index (Phi) is 4.86. The van der Waals surface area contributed by atoms with E-state index in [2.05, 4.69) is 20.8 Å². The number of aryl methyl sites for hydroxylation is 2. The van der Waals surface area contributed by atoms with Gasteiger partial charge in [-0.05, 0) is 51.2 Å². The molecule has 2 aromatic heterocycles. The number of hydrogen-bond donors (Lipinski definition) is 1. The van der Waals surface area contributed by atoms with Gasteiger partial charge in [-0.15, -0.1) is 11.3 Å². The lowest BCUT2D eigenvalue weighted by molar-refractivity contribution is 0.250. The van der Waals surface area contributed by atoms with Crippen LogP contribution in [0.5, 0.6) is 0 Å². The van der Waals surface area contributed by atoms with E-state index in [1.807, 2.05) is 11.4 Å². The third-order valence-corrected chi connectivity index (χ3v) is 6.80. The molecule has 23 heavy (non-hydrogen) atoms. The van der Waals surface area contributed by atoms with Crippen LogP contribution in [0.25, 0.3) is 0 Å². The number of hydrogen-bond acceptors (Lipinski definition) is 6. The largest absolute Gasteiger partial charge is 0.360 e. The Hall–Kier alpha value is -1.22. The fourth-order valence-corrected chi connectivity index (χ4v) is 5.29. The molecule has 1 N–H and O–H groups in total. The quantitative estimate of drug-likeness (QED) is 0.861. The van der Waals surface area contributed by atoms with Crippen molar-refractivity contribution in [3.63, 3.8) is 0 Å². The third-order valence-electron chi connectivity index (χ3n) is 4.16. The molecule has 0 saturated carbocycles. The van der Waals surface area contributed by atoms with Crippen molar-refractivity contribution in [3.8, 4) is 0 Å². The SMILES string of the molecule is Cc1noc(C)c1S(=O)(=O)NC[C@H](c1cccs1)N1CCCC1. The topological polar surface area (TPSA) is 75.4 Å². The molecule has 0 unspecified atom stereocenters. The molecule has 1 saturated heterocycles. The summed E-state index contributed by atoms with van der Waals surface area (Å²) in [5.41, 5.74) is 0.392. The van der Waals surface area contributed by atoms with Gasteiger partial charge in [0.25, 0.3) is 0 Å². The van der Waals surface area contributed by atoms with E-state index in [0.29, 0.717) is 18.0 Å². The van der Waals surface area contributed by atoms with Crippen molar-refractivity contribution in [3.05, 3.63) is 33.8 Å². The second-order valence-corrected chi connectivity index (χ2v) is 8.46. The summed E-state index contributed by atoms with van der Waals surface area (Å²) >= 11 is 1.66. The molecule has 1 aliphatic rings. The minimum absolute atomic E-state index is 0.0766. The fourth-order valence-electron chi connectivity index (χ4n) is 3.06. The minimum atomic E-state index is -3.62. The van der Waals surface area contributed by atoms with Crippen molar-refractivity contribution in [2.45, 2.75) is 37.6 Å². The number of thiophene rings is 1. The highest BCUT2D eigenvalue weighted by Gasteiger charge is 2.29. The molecule has 2 aromatic rings. The van der Waals surface area contributed by atoms with Gasteiger partial charge < -0.3 is 4.52 Å². The molecule has 3 heterocycles. The Labute approximate surface area is 140 Å². The van der Waals surface area contributed by atoms with Crippen LogP contribution in [0.15, 0.2) is 26.9 Å². The van der Waals surface area contributed by atoms with Gasteiger partial charge in [0, 0.05) is 11.4 Å². The summed E-state index contributed by atoms with van der Waals surface area (Å²) in [6, 6.07) is 4.15. The number of likely N-dealkylation sites (tertiary alicyclic amines) is 1. The van der Waals surface area contributed by atoms with E-state index in [4.69, 9.17) is 4.52 Å². The predicted octanol–water partition coefficient (Wildman–Crippen LogP) is 2.47. The van der Waals surface area contributed by atoms with Crippen LogP contribution in [0.2, 0.25) is 0 Å². The molecule has 0 amide bonds. The smallest absolute Gasteiger partial charge is 0.246 e. The van der Waals surface area contributed by atoms with Gasteiger partial charge in [-0.25, -0.2) is 13.1 Å². The molecule has 0 radical (unpaired) electrons. The highest BCUT2D eigenvalue weighted by Crippen LogP contribution is 2.28. The summed E-state index contributed by atoms with van der Waals surface area (Å²) in [7, 11) is -3.62. The van der Waals surface area contributed by atoms with Crippen molar-refractivity contribution in [1.82, 2.24) is 14.8 Å². The van der Waals surface area contributed by atoms with Crippen molar-refractivity contribution in [2.75, 3.05) is 19.6 Å². The Morgan fingerprint density at radius 3 is 2.70 bits per heavy atom. The maximum absolute atomic E-state index is 12.6. The van der Waals surface area contributed by atoms with Gasteiger partial charge in [-0.2, -0.15) is 0 Å². The molecule has 0 aromatic carbocycles. The second kappa shape index (κ2) is 6.72. The Morgan fingerprint density at radius 2 is 2.13 bits per heavy atom. The lowest BCUT2D eigenvalue weighted by Crippen LogP contribution is -2.36. The zero-order valence-electron chi connectivity index (χ0n) is 13.3. The van der Waals surface area contributed by atoms with E-state index in [0.717, 1.165) is 13.1 Å². The number of aromatic nitrogens is 1. The highest BCUT2D eigenvalue weighted by molar-refractivity contribution is 7.89. The first kappa shape index (κ1) is 16.6. The Bertz CT molecular complexity index is 728. The van der Waals surface area contributed by atoms with E-state index in [1.54, 1.807) is 25.2 Å². The molecule has 8 heteroatoms. The summed E-state index contributed by atoms with van der Waals surface area (Å²) in [5.74, 6) is 0.323. The number of sulfonamides is 1. The maximum Gasteiger partial charge on any atom is 0.246 e. The van der Waals surface area contributed by atoms with E-state index >= 15 is 0 Å². The van der Waals surface area contributed by atoms with Crippen molar-refractivity contribution in [1.29, 1.82) is 0 Å². The van der Waals surface area contributed by atoms with Crippen molar-refractivity contribution in [2.24, 2.45) is 0 Å². The van der Waals surface area contributed by atoms with E-state index < -0.39 is 10.0 Å². The van der Waals surface area contributed by atoms with Crippen LogP contribution in [0.4, 0.5) is 0 Å². The van der Waals surface area contributed by atoms with Crippen LogP contribution < -0.4 is 4.72 Å². The molecule has 3 rings (SSSR count). The van der Waals surface area contributed by atoms with Crippen molar-refractivity contribution < 1.29 is 12.9 Å². The lowest BCUT2D eigenvalue weighted by Gasteiger charge is -2.26. The van der Waals surface area contributed by atoms with Gasteiger partial charge >= 0.3 is 0 Å². The van der Waals surface area contributed by atoms with Crippen molar-refractivity contribution >= 4 is 21.4 Å². The molecule has 1 aliphatic heterocycles. The zero-order valence-corrected chi connectivity index (χ0v) is 14.9. The summed E-state index contributed by atoms with van der Waals surface area (Å²) in [6.45, 7) is 5.63. The van der Waals surface area contributed by atoms with Crippen LogP contribution in [0.3, 0.4) is 0 Å². The average molecular weight is 355 g/mol. The van der Waals surface area contributed by atoms with Crippen LogP contribution in [0.1, 0.15) is 35.2 Å². The summed E-state index contributed by atoms with van der Waals surface area (Å²) in [5, 5.41) is 5.76. The number of nitrogens with one attached hydrogen (secondary N) is 1. The molecule has 6 nitrogen and oxygen atoms in total. The van der Waals surface area contributed by atoms with Gasteiger partial charge in [0.15, 0.2) is 5.76 Å². The maximum atomic E-state index is 12.6. The number of rotatable bonds is 6. The van der Waals surface area contributed by atoms with Crippen LogP contribution in [-0.4, -0.2) is 38.1 Å². The Balaban J connectivity index is 1.79. The average Bonchev–Trinajstić information content (AvgIpc) is 3.22. The summed E-state index contributed by atoms with van der Waals surface area (Å²) in [6.07, 6.45) is 2.33. The predicted molar refractivity (Wildman–Crippen MR) is 89.0 cm³/mol. The van der Waals surface area contributed by atoms with Gasteiger partial charge in [0.05, 0.1) is 6.04 Å². The minimum Gasteiger partial charge on any atom is -0.360 e. The molecular weight excluding hydrogens is 334 g/mol. The highest BCUT2D eigenvalue weighted by atomic mass is 32.2. The van der Waals surface area contributed by atoms with E-state index in [9.17, 15) is 8.42 Å². The van der Waals surface area contributed by atoms with Gasteiger partial charge in [-0.3, -0.25) is 4.90 Å². The van der Waals surface area contributed by atoms with Crippen LogP contribution in [0, 0.1) is 13.8 Å². The molecular formula is C15H21N3O3S2. The fraction of sp³-hybridized carbons (Fsp3) is 0.533. The summed E-state index contributed by atoms with van der Waals surface area (Å²) in [4.78, 5) is 3.69. The van der Waals surface area contributed by atoms with Gasteiger partial charge in [0.1, 0.15) is 10.6 Å². The van der Waals surface area contributed by atoms with Gasteiger partial charge in [0.2, 0.25) is 10.0 Å². The lowest BCUT2D eigenvalue weighted by atomic mass is 10.2. The summed E-state index contributed by atoms with van der Waals surface area (Å²) < 4.78 is 32.9. The molecule has 1 atom stereocenters. The van der Waals surface area contributed by atoms with E-state index in [1.165, 1.54) is 17.7 Å². The standard InChI is InChI=1S/C15H21N3O3S2/c1-11-15(12(2)21-17-11)23(19,20)16-10-13(14-6-5-9-22-14)18-7-3-4-8-18/h5-6,9,13,16H,3-4,7-8,10H2,1-2H3/t13-/m1/s1. The zero-order chi connectivity index (χ0) is 16.4. The molecule has 0 bridgehead atoms. The third kappa shape index (κ3) is 3.50. The first-order chi connectivity index (χ1) is 11.0. The van der Waals surface area contributed by atoms with E-state index in [-0.39, 0.29) is 10.9 Å². The first-order valence-electron chi connectivity index (χ1n) is 7.69. The Morgan fingerprint density at radius 1 is 1.39 bits per heavy atom. The second-order valence-electron chi connectivity index (χ2n) is 5.78. The monoisotopic (exact) mass is 355 g/mol. The first-order valence-corrected chi connectivity index (χ1v) is 10.1. The molecule has 0 aliphatic carbocycles. The molecule has 1 fully saturated rings. The normalized spacial score (nSPS) is 17.7. The van der Waals surface area contributed by atoms with Crippen LogP contribution in [-0.2, 0) is 10.0 Å².